The summed E-state index contributed by atoms with van der Waals surface area (Å²) in [6, 6.07) is 13.2. The molecule has 0 saturated carbocycles. The first-order chi connectivity index (χ1) is 16.2. The van der Waals surface area contributed by atoms with Gasteiger partial charge in [0.15, 0.2) is 11.6 Å². The Morgan fingerprint density at radius 1 is 1.00 bits per heavy atom. The fourth-order valence-corrected chi connectivity index (χ4v) is 3.52. The van der Waals surface area contributed by atoms with Crippen LogP contribution in [-0.4, -0.2) is 65.9 Å². The Morgan fingerprint density at radius 3 is 2.45 bits per heavy atom. The van der Waals surface area contributed by atoms with E-state index >= 15 is 0 Å². The topological polar surface area (TPSA) is 84.5 Å². The molecular weight excluding hydrogens is 418 g/mol. The number of nitrogens with one attached hydrogen (secondary N) is 1. The van der Waals surface area contributed by atoms with Crippen molar-refractivity contribution >= 4 is 34.8 Å². The van der Waals surface area contributed by atoms with Gasteiger partial charge in [0, 0.05) is 19.6 Å². The van der Waals surface area contributed by atoms with Crippen LogP contribution in [-0.2, 0) is 14.3 Å². The molecule has 1 aliphatic rings. The molecule has 7 nitrogen and oxygen atoms in total. The smallest absolute Gasteiger partial charge is 0.163 e. The van der Waals surface area contributed by atoms with Crippen LogP contribution in [0, 0.1) is 0 Å². The molecule has 2 heterocycles. The van der Waals surface area contributed by atoms with E-state index < -0.39 is 0 Å². The molecule has 0 unspecified atom stereocenters. The van der Waals surface area contributed by atoms with Crippen molar-refractivity contribution in [2.24, 2.45) is 0 Å². The van der Waals surface area contributed by atoms with Gasteiger partial charge in [-0.2, -0.15) is 0 Å². The average Bonchev–Trinajstić information content (AvgIpc) is 3.31. The van der Waals surface area contributed by atoms with Crippen LogP contribution in [0.25, 0.3) is 23.2 Å². The molecule has 7 heteroatoms. The Kier molecular flexibility index (Phi) is 7.79. The molecule has 3 aromatic rings. The number of morpholine rings is 1. The van der Waals surface area contributed by atoms with Crippen molar-refractivity contribution in [3.8, 4) is 5.75 Å². The molecular formula is C26H27N3O4. The lowest BCUT2D eigenvalue weighted by Crippen LogP contribution is -2.38. The average molecular weight is 446 g/mol. The molecule has 2 aromatic carbocycles. The van der Waals surface area contributed by atoms with Crippen LogP contribution in [0.4, 0.5) is 0 Å². The zero-order valence-electron chi connectivity index (χ0n) is 18.4. The van der Waals surface area contributed by atoms with Gasteiger partial charge in [-0.1, -0.05) is 30.4 Å². The zero-order valence-corrected chi connectivity index (χ0v) is 18.4. The van der Waals surface area contributed by atoms with E-state index in [1.807, 2.05) is 42.5 Å². The van der Waals surface area contributed by atoms with E-state index in [0.29, 0.717) is 6.61 Å². The summed E-state index contributed by atoms with van der Waals surface area (Å²) in [5, 5.41) is 0. The van der Waals surface area contributed by atoms with Crippen molar-refractivity contribution in [2.45, 2.75) is 6.42 Å². The van der Waals surface area contributed by atoms with Crippen molar-refractivity contribution in [1.82, 2.24) is 14.9 Å². The highest BCUT2D eigenvalue weighted by Crippen LogP contribution is 2.14. The van der Waals surface area contributed by atoms with Gasteiger partial charge in [0.25, 0.3) is 0 Å². The van der Waals surface area contributed by atoms with Crippen LogP contribution < -0.4 is 4.74 Å². The summed E-state index contributed by atoms with van der Waals surface area (Å²) < 4.78 is 11.1. The molecule has 1 aromatic heterocycles. The van der Waals surface area contributed by atoms with Gasteiger partial charge < -0.3 is 14.5 Å². The number of fused-ring (bicyclic) bond motifs is 1. The highest BCUT2D eigenvalue weighted by molar-refractivity contribution is 6.10. The third-order valence-electron chi connectivity index (χ3n) is 5.38. The van der Waals surface area contributed by atoms with Crippen LogP contribution in [0.5, 0.6) is 5.75 Å². The first-order valence-corrected chi connectivity index (χ1v) is 11.0. The van der Waals surface area contributed by atoms with E-state index in [-0.39, 0.29) is 18.0 Å². The summed E-state index contributed by atoms with van der Waals surface area (Å²) >= 11 is 0. The molecule has 0 amide bonds. The summed E-state index contributed by atoms with van der Waals surface area (Å²) in [6.45, 7) is 4.95. The number of benzene rings is 2. The molecule has 0 aliphatic carbocycles. The number of allylic oxidation sites excluding steroid dienone is 2. The number of aromatic nitrogens is 2. The van der Waals surface area contributed by atoms with E-state index in [4.69, 9.17) is 9.47 Å². The van der Waals surface area contributed by atoms with Crippen LogP contribution in [0.2, 0.25) is 0 Å². The van der Waals surface area contributed by atoms with Gasteiger partial charge in [-0.15, -0.1) is 0 Å². The molecule has 0 atom stereocenters. The minimum Gasteiger partial charge on any atom is -0.492 e. The first kappa shape index (κ1) is 22.6. The minimum absolute atomic E-state index is 0.165. The normalized spacial score (nSPS) is 14.9. The number of H-pyrrole nitrogens is 1. The second-order valence-electron chi connectivity index (χ2n) is 7.83. The van der Waals surface area contributed by atoms with Crippen molar-refractivity contribution < 1.29 is 19.1 Å². The molecule has 170 valence electrons. The van der Waals surface area contributed by atoms with E-state index in [0.717, 1.165) is 60.8 Å². The van der Waals surface area contributed by atoms with Crippen molar-refractivity contribution in [3.63, 3.8) is 0 Å². The van der Waals surface area contributed by atoms with Gasteiger partial charge >= 0.3 is 0 Å². The summed E-state index contributed by atoms with van der Waals surface area (Å²) in [6.07, 6.45) is 7.76. The van der Waals surface area contributed by atoms with Gasteiger partial charge in [0.2, 0.25) is 0 Å². The Labute approximate surface area is 192 Å². The highest BCUT2D eigenvalue weighted by Gasteiger charge is 2.09. The number of hydrogen-bond donors (Lipinski definition) is 1. The zero-order chi connectivity index (χ0) is 22.9. The lowest BCUT2D eigenvalue weighted by molar-refractivity contribution is -0.121. The molecule has 1 N–H and O–H groups in total. The number of imidazole rings is 1. The molecule has 1 saturated heterocycles. The fraction of sp³-hybridized carbons (Fsp3) is 0.269. The molecule has 0 spiro atoms. The van der Waals surface area contributed by atoms with Gasteiger partial charge in [0.05, 0.1) is 37.0 Å². The van der Waals surface area contributed by atoms with E-state index in [2.05, 4.69) is 14.9 Å². The number of aromatic amines is 1. The molecule has 0 radical (unpaired) electrons. The third kappa shape index (κ3) is 6.97. The minimum atomic E-state index is -0.238. The maximum atomic E-state index is 12.1. The Hall–Kier alpha value is -3.55. The lowest BCUT2D eigenvalue weighted by atomic mass is 10.1. The number of nitrogens with zero attached hydrogens (tertiary/aromatic N) is 2. The quantitative estimate of drug-likeness (QED) is 0.380. The first-order valence-electron chi connectivity index (χ1n) is 11.0. The highest BCUT2D eigenvalue weighted by atomic mass is 16.5. The van der Waals surface area contributed by atoms with Gasteiger partial charge in [-0.05, 0) is 47.5 Å². The number of carbonyl (C=O) groups is 2. The SMILES string of the molecule is O=C(C=Cc1ccc(OCCN2CCOCC2)cc1)CC(=O)C=Cc1ccc2nc[nH]c2c1. The van der Waals surface area contributed by atoms with Crippen LogP contribution in [0.3, 0.4) is 0 Å². The number of hydrogen-bond acceptors (Lipinski definition) is 6. The summed E-state index contributed by atoms with van der Waals surface area (Å²) in [5.74, 6) is 0.318. The van der Waals surface area contributed by atoms with E-state index in [9.17, 15) is 9.59 Å². The van der Waals surface area contributed by atoms with E-state index in [1.54, 1.807) is 18.5 Å². The standard InChI is InChI=1S/C26H27N3O4/c30-22(18-23(31)7-2-21-5-10-25-26(17-21)28-19-27-25)6-1-20-3-8-24(9-4-20)33-16-13-29-11-14-32-15-12-29/h1-10,17,19H,11-16,18H2,(H,27,28). The summed E-state index contributed by atoms with van der Waals surface area (Å²) in [7, 11) is 0. The Bertz CT molecular complexity index is 1140. The summed E-state index contributed by atoms with van der Waals surface area (Å²) in [5.41, 5.74) is 3.51. The number of carbonyl (C=O) groups excluding carboxylic acids is 2. The van der Waals surface area contributed by atoms with Crippen LogP contribution in [0.1, 0.15) is 17.5 Å². The second kappa shape index (κ2) is 11.4. The number of ketones is 2. The molecule has 33 heavy (non-hydrogen) atoms. The van der Waals surface area contributed by atoms with Gasteiger partial charge in [0.1, 0.15) is 12.4 Å². The van der Waals surface area contributed by atoms with Crippen molar-refractivity contribution in [3.05, 3.63) is 72.1 Å². The third-order valence-corrected chi connectivity index (χ3v) is 5.38. The maximum Gasteiger partial charge on any atom is 0.163 e. The van der Waals surface area contributed by atoms with Gasteiger partial charge in [-0.3, -0.25) is 14.5 Å². The van der Waals surface area contributed by atoms with Crippen LogP contribution in [0.15, 0.2) is 60.9 Å². The fourth-order valence-electron chi connectivity index (χ4n) is 3.52. The molecule has 4 rings (SSSR count). The Morgan fingerprint density at radius 2 is 1.70 bits per heavy atom. The number of rotatable bonds is 10. The molecule has 1 fully saturated rings. The van der Waals surface area contributed by atoms with Crippen molar-refractivity contribution in [2.75, 3.05) is 39.5 Å². The molecule has 1 aliphatic heterocycles. The second-order valence-corrected chi connectivity index (χ2v) is 7.83. The van der Waals surface area contributed by atoms with Crippen molar-refractivity contribution in [1.29, 1.82) is 0 Å². The predicted molar refractivity (Wildman–Crippen MR) is 128 cm³/mol. The monoisotopic (exact) mass is 445 g/mol. The molecule has 0 bridgehead atoms. The lowest BCUT2D eigenvalue weighted by Gasteiger charge is -2.26. The van der Waals surface area contributed by atoms with Crippen LogP contribution >= 0.6 is 0 Å². The Balaban J connectivity index is 1.20. The van der Waals surface area contributed by atoms with Gasteiger partial charge in [-0.25, -0.2) is 4.98 Å². The largest absolute Gasteiger partial charge is 0.492 e. The summed E-state index contributed by atoms with van der Waals surface area (Å²) in [4.78, 5) is 33.8. The van der Waals surface area contributed by atoms with E-state index in [1.165, 1.54) is 12.2 Å². The predicted octanol–water partition coefficient (Wildman–Crippen LogP) is 3.53. The number of ether oxygens (including phenoxy) is 2. The maximum absolute atomic E-state index is 12.1.